The van der Waals surface area contributed by atoms with Crippen LogP contribution >= 0.6 is 0 Å². The van der Waals surface area contributed by atoms with E-state index in [9.17, 15) is 5.11 Å². The SMILES string of the molecule is OC1CCCCCC1CC1COc2ccccc21. The van der Waals surface area contributed by atoms with Crippen LogP contribution in [-0.4, -0.2) is 17.8 Å². The normalized spacial score (nSPS) is 31.5. The van der Waals surface area contributed by atoms with E-state index in [1.165, 1.54) is 31.2 Å². The molecular weight excluding hydrogens is 224 g/mol. The first-order valence-electron chi connectivity index (χ1n) is 7.24. The van der Waals surface area contributed by atoms with E-state index in [0.717, 1.165) is 25.2 Å². The Morgan fingerprint density at radius 3 is 2.89 bits per heavy atom. The van der Waals surface area contributed by atoms with Crippen LogP contribution in [0.15, 0.2) is 24.3 Å². The number of aliphatic hydroxyl groups excluding tert-OH is 1. The number of hydrogen-bond donors (Lipinski definition) is 1. The fourth-order valence-electron chi connectivity index (χ4n) is 3.43. The maximum absolute atomic E-state index is 10.2. The fourth-order valence-corrected chi connectivity index (χ4v) is 3.43. The lowest BCUT2D eigenvalue weighted by Crippen LogP contribution is -2.21. The van der Waals surface area contributed by atoms with Gasteiger partial charge in [0.2, 0.25) is 0 Å². The number of para-hydroxylation sites is 1. The van der Waals surface area contributed by atoms with Gasteiger partial charge in [-0.3, -0.25) is 0 Å². The number of hydrogen-bond acceptors (Lipinski definition) is 2. The monoisotopic (exact) mass is 246 g/mol. The van der Waals surface area contributed by atoms with Crippen molar-refractivity contribution in [1.29, 1.82) is 0 Å². The quantitative estimate of drug-likeness (QED) is 0.809. The summed E-state index contributed by atoms with van der Waals surface area (Å²) >= 11 is 0. The molecule has 3 unspecified atom stereocenters. The van der Waals surface area contributed by atoms with Gasteiger partial charge >= 0.3 is 0 Å². The first kappa shape index (κ1) is 12.0. The number of ether oxygens (including phenoxy) is 1. The van der Waals surface area contributed by atoms with Crippen molar-refractivity contribution in [1.82, 2.24) is 0 Å². The molecule has 2 heteroatoms. The Labute approximate surface area is 109 Å². The summed E-state index contributed by atoms with van der Waals surface area (Å²) in [7, 11) is 0. The molecule has 0 amide bonds. The lowest BCUT2D eigenvalue weighted by Gasteiger charge is -2.23. The second kappa shape index (κ2) is 5.31. The zero-order valence-electron chi connectivity index (χ0n) is 10.8. The van der Waals surface area contributed by atoms with Gasteiger partial charge in [0, 0.05) is 11.5 Å². The summed E-state index contributed by atoms with van der Waals surface area (Å²) < 4.78 is 5.74. The Kier molecular flexibility index (Phi) is 3.55. The molecular formula is C16H22O2. The van der Waals surface area contributed by atoms with Crippen LogP contribution < -0.4 is 4.74 Å². The van der Waals surface area contributed by atoms with Crippen LogP contribution in [0.2, 0.25) is 0 Å². The highest BCUT2D eigenvalue weighted by Gasteiger charge is 2.30. The van der Waals surface area contributed by atoms with Crippen LogP contribution in [0.25, 0.3) is 0 Å². The van der Waals surface area contributed by atoms with E-state index in [1.807, 2.05) is 6.07 Å². The van der Waals surface area contributed by atoms with Crippen molar-refractivity contribution in [3.8, 4) is 5.75 Å². The van der Waals surface area contributed by atoms with Crippen LogP contribution in [0.3, 0.4) is 0 Å². The summed E-state index contributed by atoms with van der Waals surface area (Å²) in [6, 6.07) is 8.35. The molecule has 0 saturated heterocycles. The average molecular weight is 246 g/mol. The molecule has 3 rings (SSSR count). The van der Waals surface area contributed by atoms with Crippen LogP contribution in [-0.2, 0) is 0 Å². The second-order valence-corrected chi connectivity index (χ2v) is 5.75. The van der Waals surface area contributed by atoms with Gasteiger partial charge in [0.05, 0.1) is 12.7 Å². The first-order chi connectivity index (χ1) is 8.84. The van der Waals surface area contributed by atoms with E-state index < -0.39 is 0 Å². The highest BCUT2D eigenvalue weighted by Crippen LogP contribution is 2.39. The largest absolute Gasteiger partial charge is 0.493 e. The minimum Gasteiger partial charge on any atom is -0.493 e. The van der Waals surface area contributed by atoms with Crippen molar-refractivity contribution in [3.05, 3.63) is 29.8 Å². The molecule has 2 aliphatic rings. The van der Waals surface area contributed by atoms with Gasteiger partial charge in [-0.05, 0) is 31.2 Å². The van der Waals surface area contributed by atoms with E-state index in [0.29, 0.717) is 11.8 Å². The van der Waals surface area contributed by atoms with Gasteiger partial charge in [0.1, 0.15) is 5.75 Å². The number of benzene rings is 1. The molecule has 3 atom stereocenters. The van der Waals surface area contributed by atoms with Gasteiger partial charge in [0.25, 0.3) is 0 Å². The maximum atomic E-state index is 10.2. The van der Waals surface area contributed by atoms with Crippen molar-refractivity contribution in [2.45, 2.75) is 50.5 Å². The molecule has 1 aromatic carbocycles. The smallest absolute Gasteiger partial charge is 0.122 e. The van der Waals surface area contributed by atoms with Gasteiger partial charge in [0.15, 0.2) is 0 Å². The lowest BCUT2D eigenvalue weighted by atomic mass is 9.85. The molecule has 2 nitrogen and oxygen atoms in total. The molecule has 0 aromatic heterocycles. The predicted octanol–water partition coefficient (Wildman–Crippen LogP) is 3.49. The zero-order chi connectivity index (χ0) is 12.4. The third-order valence-corrected chi connectivity index (χ3v) is 4.51. The molecule has 1 N–H and O–H groups in total. The minimum absolute atomic E-state index is 0.0970. The highest BCUT2D eigenvalue weighted by atomic mass is 16.5. The summed E-state index contributed by atoms with van der Waals surface area (Å²) in [4.78, 5) is 0. The summed E-state index contributed by atoms with van der Waals surface area (Å²) in [6.07, 6.45) is 6.90. The molecule has 18 heavy (non-hydrogen) atoms. The Morgan fingerprint density at radius 1 is 1.11 bits per heavy atom. The number of fused-ring (bicyclic) bond motifs is 1. The Hall–Kier alpha value is -1.02. The molecule has 0 spiro atoms. The fraction of sp³-hybridized carbons (Fsp3) is 0.625. The lowest BCUT2D eigenvalue weighted by molar-refractivity contribution is 0.0898. The van der Waals surface area contributed by atoms with Crippen molar-refractivity contribution >= 4 is 0 Å². The van der Waals surface area contributed by atoms with Crippen LogP contribution in [0, 0.1) is 5.92 Å². The van der Waals surface area contributed by atoms with Crippen LogP contribution in [0.1, 0.15) is 50.0 Å². The third-order valence-electron chi connectivity index (χ3n) is 4.51. The molecule has 0 radical (unpaired) electrons. The maximum Gasteiger partial charge on any atom is 0.122 e. The van der Waals surface area contributed by atoms with E-state index >= 15 is 0 Å². The molecule has 98 valence electrons. The molecule has 1 saturated carbocycles. The molecule has 1 aromatic rings. The van der Waals surface area contributed by atoms with Gasteiger partial charge in [-0.15, -0.1) is 0 Å². The molecule has 1 aliphatic heterocycles. The van der Waals surface area contributed by atoms with E-state index in [-0.39, 0.29) is 6.10 Å². The predicted molar refractivity (Wildman–Crippen MR) is 71.9 cm³/mol. The van der Waals surface area contributed by atoms with Crippen molar-refractivity contribution in [2.75, 3.05) is 6.61 Å². The Bertz CT molecular complexity index is 402. The summed E-state index contributed by atoms with van der Waals surface area (Å²) in [5.74, 6) is 2.00. The zero-order valence-corrected chi connectivity index (χ0v) is 10.8. The molecule has 1 heterocycles. The summed E-state index contributed by atoms with van der Waals surface area (Å²) in [5, 5.41) is 10.2. The number of rotatable bonds is 2. The number of aliphatic hydroxyl groups is 1. The van der Waals surface area contributed by atoms with E-state index in [1.54, 1.807) is 0 Å². The van der Waals surface area contributed by atoms with Crippen LogP contribution in [0.4, 0.5) is 0 Å². The standard InChI is InChI=1S/C16H22O2/c17-15-8-3-1-2-6-12(15)10-13-11-18-16-9-5-4-7-14(13)16/h4-5,7,9,12-13,15,17H,1-3,6,8,10-11H2. The van der Waals surface area contributed by atoms with Gasteiger partial charge in [-0.1, -0.05) is 37.5 Å². The Morgan fingerprint density at radius 2 is 1.94 bits per heavy atom. The van der Waals surface area contributed by atoms with Gasteiger partial charge in [-0.2, -0.15) is 0 Å². The van der Waals surface area contributed by atoms with E-state index in [2.05, 4.69) is 18.2 Å². The summed E-state index contributed by atoms with van der Waals surface area (Å²) in [5.41, 5.74) is 1.34. The first-order valence-corrected chi connectivity index (χ1v) is 7.24. The highest BCUT2D eigenvalue weighted by molar-refractivity contribution is 5.39. The van der Waals surface area contributed by atoms with Crippen LogP contribution in [0.5, 0.6) is 5.75 Å². The molecule has 0 bridgehead atoms. The molecule has 1 fully saturated rings. The average Bonchev–Trinajstić information content (AvgIpc) is 2.69. The van der Waals surface area contributed by atoms with E-state index in [4.69, 9.17) is 4.74 Å². The van der Waals surface area contributed by atoms with Crippen molar-refractivity contribution < 1.29 is 9.84 Å². The van der Waals surface area contributed by atoms with Crippen molar-refractivity contribution in [3.63, 3.8) is 0 Å². The van der Waals surface area contributed by atoms with Gasteiger partial charge in [-0.25, -0.2) is 0 Å². The second-order valence-electron chi connectivity index (χ2n) is 5.75. The Balaban J connectivity index is 1.70. The molecule has 1 aliphatic carbocycles. The topological polar surface area (TPSA) is 29.5 Å². The summed E-state index contributed by atoms with van der Waals surface area (Å²) in [6.45, 7) is 0.794. The van der Waals surface area contributed by atoms with Crippen molar-refractivity contribution in [2.24, 2.45) is 5.92 Å². The minimum atomic E-state index is -0.0970. The van der Waals surface area contributed by atoms with Gasteiger partial charge < -0.3 is 9.84 Å². The third kappa shape index (κ3) is 2.39.